The first-order valence-electron chi connectivity index (χ1n) is 9.95. The van der Waals surface area contributed by atoms with Gasteiger partial charge in [0.1, 0.15) is 6.04 Å². The van der Waals surface area contributed by atoms with Gasteiger partial charge >= 0.3 is 0 Å². The van der Waals surface area contributed by atoms with Crippen molar-refractivity contribution in [3.8, 4) is 0 Å². The molecule has 2 fully saturated rings. The summed E-state index contributed by atoms with van der Waals surface area (Å²) in [5, 5.41) is 3.63. The number of likely N-dealkylation sites (tertiary alicyclic amines) is 1. The van der Waals surface area contributed by atoms with Crippen LogP contribution in [0.3, 0.4) is 0 Å². The Morgan fingerprint density at radius 2 is 1.92 bits per heavy atom. The number of nitrogens with zero attached hydrogens (tertiary/aromatic N) is 1. The maximum absolute atomic E-state index is 12.7. The van der Waals surface area contributed by atoms with Crippen molar-refractivity contribution in [2.45, 2.75) is 70.4 Å². The van der Waals surface area contributed by atoms with Crippen molar-refractivity contribution in [2.24, 2.45) is 5.92 Å². The quantitative estimate of drug-likeness (QED) is 0.804. The third-order valence-electron chi connectivity index (χ3n) is 5.72. The summed E-state index contributed by atoms with van der Waals surface area (Å²) in [7, 11) is 0. The summed E-state index contributed by atoms with van der Waals surface area (Å²) in [5.74, 6) is 0.801. The first-order chi connectivity index (χ1) is 12.6. The minimum atomic E-state index is -0.312. The molecule has 4 nitrogen and oxygen atoms in total. The van der Waals surface area contributed by atoms with E-state index in [1.807, 2.05) is 24.3 Å². The largest absolute Gasteiger partial charge is 0.350 e. The van der Waals surface area contributed by atoms with E-state index in [-0.39, 0.29) is 17.9 Å². The van der Waals surface area contributed by atoms with Crippen molar-refractivity contribution in [2.75, 3.05) is 6.54 Å². The molecule has 0 aromatic heterocycles. The zero-order valence-corrected chi connectivity index (χ0v) is 16.1. The molecular formula is C21H29ClN2O2. The van der Waals surface area contributed by atoms with Crippen LogP contribution in [0.2, 0.25) is 5.02 Å². The Morgan fingerprint density at radius 3 is 2.69 bits per heavy atom. The molecule has 1 heterocycles. The zero-order chi connectivity index (χ0) is 18.4. The van der Waals surface area contributed by atoms with Crippen molar-refractivity contribution < 1.29 is 9.59 Å². The van der Waals surface area contributed by atoms with Crippen molar-refractivity contribution in [3.63, 3.8) is 0 Å². The number of hydrogen-bond donors (Lipinski definition) is 1. The smallest absolute Gasteiger partial charge is 0.243 e. The van der Waals surface area contributed by atoms with Crippen LogP contribution in [0.15, 0.2) is 24.3 Å². The van der Waals surface area contributed by atoms with Crippen LogP contribution >= 0.6 is 11.6 Å². The van der Waals surface area contributed by atoms with Crippen LogP contribution in [0.5, 0.6) is 0 Å². The third-order valence-corrected chi connectivity index (χ3v) is 5.96. The van der Waals surface area contributed by atoms with Gasteiger partial charge in [-0.1, -0.05) is 55.8 Å². The molecule has 0 radical (unpaired) electrons. The lowest BCUT2D eigenvalue weighted by molar-refractivity contribution is -0.138. The lowest BCUT2D eigenvalue weighted by Crippen LogP contribution is -2.45. The summed E-state index contributed by atoms with van der Waals surface area (Å²) in [6, 6.07) is 7.17. The predicted molar refractivity (Wildman–Crippen MR) is 104 cm³/mol. The molecule has 0 spiro atoms. The van der Waals surface area contributed by atoms with Crippen molar-refractivity contribution in [1.29, 1.82) is 0 Å². The first kappa shape index (κ1) is 19.2. The lowest BCUT2D eigenvalue weighted by atomic mass is 9.86. The van der Waals surface area contributed by atoms with Crippen LogP contribution in [0.1, 0.15) is 63.4 Å². The van der Waals surface area contributed by atoms with Gasteiger partial charge in [-0.15, -0.1) is 0 Å². The first-order valence-corrected chi connectivity index (χ1v) is 10.3. The van der Waals surface area contributed by atoms with E-state index < -0.39 is 0 Å². The van der Waals surface area contributed by atoms with E-state index in [1.165, 1.54) is 32.1 Å². The van der Waals surface area contributed by atoms with Crippen molar-refractivity contribution in [1.82, 2.24) is 10.2 Å². The van der Waals surface area contributed by atoms with E-state index in [4.69, 9.17) is 11.6 Å². The van der Waals surface area contributed by atoms with Gasteiger partial charge in [-0.05, 0) is 42.9 Å². The molecule has 1 aromatic rings. The van der Waals surface area contributed by atoms with E-state index in [9.17, 15) is 9.59 Å². The number of nitrogens with one attached hydrogen (secondary N) is 1. The number of benzene rings is 1. The highest BCUT2D eigenvalue weighted by Crippen LogP contribution is 2.28. The van der Waals surface area contributed by atoms with Crippen LogP contribution in [0.25, 0.3) is 0 Å². The molecule has 5 heteroatoms. The normalized spacial score (nSPS) is 21.0. The summed E-state index contributed by atoms with van der Waals surface area (Å²) in [6.07, 6.45) is 9.70. The number of rotatable bonds is 6. The van der Waals surface area contributed by atoms with E-state index in [1.54, 1.807) is 4.90 Å². The maximum Gasteiger partial charge on any atom is 0.243 e. The Morgan fingerprint density at radius 1 is 1.12 bits per heavy atom. The minimum absolute atomic E-state index is 0.0477. The minimum Gasteiger partial charge on any atom is -0.350 e. The fourth-order valence-electron chi connectivity index (χ4n) is 4.24. The number of hydrogen-bond acceptors (Lipinski definition) is 2. The average molecular weight is 377 g/mol. The summed E-state index contributed by atoms with van der Waals surface area (Å²) in [6.45, 7) is 1.15. The maximum atomic E-state index is 12.7. The highest BCUT2D eigenvalue weighted by atomic mass is 35.5. The molecule has 26 heavy (non-hydrogen) atoms. The average Bonchev–Trinajstić information content (AvgIpc) is 3.15. The molecular weight excluding hydrogens is 348 g/mol. The van der Waals surface area contributed by atoms with Crippen LogP contribution in [-0.2, 0) is 16.1 Å². The lowest BCUT2D eigenvalue weighted by Gasteiger charge is -2.26. The molecule has 1 aliphatic heterocycles. The van der Waals surface area contributed by atoms with Crippen molar-refractivity contribution >= 4 is 23.4 Å². The van der Waals surface area contributed by atoms with E-state index in [0.29, 0.717) is 30.5 Å². The van der Waals surface area contributed by atoms with Crippen LogP contribution in [0, 0.1) is 5.92 Å². The van der Waals surface area contributed by atoms with Crippen LogP contribution in [0.4, 0.5) is 0 Å². The second-order valence-corrected chi connectivity index (χ2v) is 8.07. The summed E-state index contributed by atoms with van der Waals surface area (Å²) in [4.78, 5) is 27.0. The number of carbonyl (C=O) groups excluding carboxylic acids is 2. The molecule has 1 aliphatic carbocycles. The van der Waals surface area contributed by atoms with Crippen LogP contribution < -0.4 is 5.32 Å². The molecule has 1 saturated carbocycles. The highest BCUT2D eigenvalue weighted by Gasteiger charge is 2.33. The highest BCUT2D eigenvalue weighted by molar-refractivity contribution is 6.30. The molecule has 3 rings (SSSR count). The topological polar surface area (TPSA) is 49.4 Å². The molecule has 1 saturated heterocycles. The van der Waals surface area contributed by atoms with Gasteiger partial charge in [0, 0.05) is 24.5 Å². The van der Waals surface area contributed by atoms with Crippen LogP contribution in [-0.4, -0.2) is 29.3 Å². The van der Waals surface area contributed by atoms with Crippen molar-refractivity contribution in [3.05, 3.63) is 34.9 Å². The molecule has 2 aliphatic rings. The number of carbonyl (C=O) groups is 2. The Bertz CT molecular complexity index is 628. The summed E-state index contributed by atoms with van der Waals surface area (Å²) in [5.41, 5.74) is 0.971. The predicted octanol–water partition coefficient (Wildman–Crippen LogP) is 4.31. The number of amides is 2. The molecule has 1 aromatic carbocycles. The molecule has 1 atom stereocenters. The van der Waals surface area contributed by atoms with Gasteiger partial charge in [-0.3, -0.25) is 9.59 Å². The van der Waals surface area contributed by atoms with Gasteiger partial charge < -0.3 is 10.2 Å². The van der Waals surface area contributed by atoms with E-state index in [2.05, 4.69) is 5.32 Å². The van der Waals surface area contributed by atoms with Gasteiger partial charge in [0.15, 0.2) is 0 Å². The van der Waals surface area contributed by atoms with Gasteiger partial charge in [0.25, 0.3) is 0 Å². The van der Waals surface area contributed by atoms with Gasteiger partial charge in [-0.25, -0.2) is 0 Å². The summed E-state index contributed by atoms with van der Waals surface area (Å²) >= 11 is 5.99. The molecule has 0 unspecified atom stereocenters. The second kappa shape index (κ2) is 9.40. The van der Waals surface area contributed by atoms with Gasteiger partial charge in [0.05, 0.1) is 0 Å². The Hall–Kier alpha value is -1.55. The molecule has 0 bridgehead atoms. The van der Waals surface area contributed by atoms with E-state index in [0.717, 1.165) is 24.8 Å². The molecule has 142 valence electrons. The fraction of sp³-hybridized carbons (Fsp3) is 0.619. The third kappa shape index (κ3) is 5.23. The molecule has 1 N–H and O–H groups in total. The molecule has 2 amide bonds. The Kier molecular flexibility index (Phi) is 6.95. The zero-order valence-electron chi connectivity index (χ0n) is 15.4. The van der Waals surface area contributed by atoms with Gasteiger partial charge in [-0.2, -0.15) is 0 Å². The van der Waals surface area contributed by atoms with Gasteiger partial charge in [0.2, 0.25) is 11.8 Å². The Balaban J connectivity index is 1.48. The summed E-state index contributed by atoms with van der Waals surface area (Å²) < 4.78 is 0. The standard InChI is InChI=1S/C21H29ClN2O2/c22-18-9-4-8-17(14-18)15-23-21(26)19-10-5-13-24(19)20(25)12-11-16-6-2-1-3-7-16/h4,8-9,14,16,19H,1-3,5-7,10-13,15H2,(H,23,26)/t19-/m0/s1. The number of halogens is 1. The fourth-order valence-corrected chi connectivity index (χ4v) is 4.45. The second-order valence-electron chi connectivity index (χ2n) is 7.64. The Labute approximate surface area is 161 Å². The SMILES string of the molecule is O=C(NCc1cccc(Cl)c1)[C@@H]1CCCN1C(=O)CCC1CCCCC1. The van der Waals surface area contributed by atoms with E-state index >= 15 is 0 Å². The monoisotopic (exact) mass is 376 g/mol.